The first-order valence-electron chi connectivity index (χ1n) is 9.21. The Bertz CT molecular complexity index is 743. The summed E-state index contributed by atoms with van der Waals surface area (Å²) in [7, 11) is 1.59. The van der Waals surface area contributed by atoms with E-state index in [0.717, 1.165) is 38.2 Å². The van der Waals surface area contributed by atoms with E-state index in [0.29, 0.717) is 22.9 Å². The van der Waals surface area contributed by atoms with Gasteiger partial charge in [0.2, 0.25) is 0 Å². The van der Waals surface area contributed by atoms with E-state index in [2.05, 4.69) is 10.2 Å². The third kappa shape index (κ3) is 5.88. The summed E-state index contributed by atoms with van der Waals surface area (Å²) in [5, 5.41) is 3.69. The quantitative estimate of drug-likeness (QED) is 0.787. The summed E-state index contributed by atoms with van der Waals surface area (Å²) in [6.07, 6.45) is 2.19. The van der Waals surface area contributed by atoms with Crippen molar-refractivity contribution in [2.45, 2.75) is 18.9 Å². The second kappa shape index (κ2) is 9.62. The molecular formula is C21H25ClN2O3. The molecule has 144 valence electrons. The van der Waals surface area contributed by atoms with Crippen molar-refractivity contribution in [3.63, 3.8) is 0 Å². The minimum Gasteiger partial charge on any atom is -0.497 e. The molecule has 0 atom stereocenters. The van der Waals surface area contributed by atoms with Crippen molar-refractivity contribution in [2.24, 2.45) is 0 Å². The van der Waals surface area contributed by atoms with Crippen LogP contribution in [-0.4, -0.2) is 50.2 Å². The van der Waals surface area contributed by atoms with Crippen LogP contribution in [0.2, 0.25) is 5.02 Å². The van der Waals surface area contributed by atoms with Crippen molar-refractivity contribution >= 4 is 17.5 Å². The predicted octanol–water partition coefficient (Wildman–Crippen LogP) is 3.62. The molecule has 1 amide bonds. The van der Waals surface area contributed by atoms with Crippen molar-refractivity contribution in [1.29, 1.82) is 0 Å². The van der Waals surface area contributed by atoms with Crippen LogP contribution in [0, 0.1) is 0 Å². The maximum absolute atomic E-state index is 12.2. The Hall–Kier alpha value is -2.24. The number of piperidine rings is 1. The Labute approximate surface area is 165 Å². The molecule has 1 N–H and O–H groups in total. The molecule has 1 saturated heterocycles. The van der Waals surface area contributed by atoms with Crippen molar-refractivity contribution < 1.29 is 14.3 Å². The molecule has 1 fully saturated rings. The Balaban J connectivity index is 1.36. The van der Waals surface area contributed by atoms with Gasteiger partial charge in [-0.3, -0.25) is 4.79 Å². The molecule has 3 rings (SSSR count). The van der Waals surface area contributed by atoms with Gasteiger partial charge in [-0.15, -0.1) is 0 Å². The summed E-state index contributed by atoms with van der Waals surface area (Å²) < 4.78 is 11.2. The second-order valence-electron chi connectivity index (χ2n) is 6.60. The van der Waals surface area contributed by atoms with E-state index < -0.39 is 0 Å². The number of benzene rings is 2. The second-order valence-corrected chi connectivity index (χ2v) is 7.04. The van der Waals surface area contributed by atoms with Crippen molar-refractivity contribution in [1.82, 2.24) is 10.2 Å². The molecular weight excluding hydrogens is 364 g/mol. The number of methoxy groups -OCH3 is 1. The molecule has 2 aromatic carbocycles. The molecule has 0 unspecified atom stereocenters. The van der Waals surface area contributed by atoms with Gasteiger partial charge < -0.3 is 19.7 Å². The highest BCUT2D eigenvalue weighted by Crippen LogP contribution is 2.21. The van der Waals surface area contributed by atoms with Gasteiger partial charge in [-0.2, -0.15) is 0 Å². The molecule has 1 aliphatic heterocycles. The fourth-order valence-electron chi connectivity index (χ4n) is 3.15. The van der Waals surface area contributed by atoms with Gasteiger partial charge in [0.1, 0.15) is 17.6 Å². The van der Waals surface area contributed by atoms with Gasteiger partial charge in [0.05, 0.1) is 7.11 Å². The minimum atomic E-state index is -0.0742. The molecule has 1 heterocycles. The van der Waals surface area contributed by atoms with Crippen molar-refractivity contribution in [3.8, 4) is 11.5 Å². The van der Waals surface area contributed by atoms with E-state index in [1.807, 2.05) is 36.4 Å². The number of rotatable bonds is 7. The zero-order valence-corrected chi connectivity index (χ0v) is 16.2. The van der Waals surface area contributed by atoms with E-state index in [4.69, 9.17) is 21.1 Å². The van der Waals surface area contributed by atoms with Gasteiger partial charge in [-0.05, 0) is 55.3 Å². The summed E-state index contributed by atoms with van der Waals surface area (Å²) in [6.45, 7) is 3.39. The summed E-state index contributed by atoms with van der Waals surface area (Å²) >= 11 is 5.90. The molecule has 5 nitrogen and oxygen atoms in total. The first kappa shape index (κ1) is 19.5. The van der Waals surface area contributed by atoms with E-state index >= 15 is 0 Å². The number of hydrogen-bond donors (Lipinski definition) is 1. The van der Waals surface area contributed by atoms with Gasteiger partial charge in [-0.25, -0.2) is 0 Å². The van der Waals surface area contributed by atoms with Gasteiger partial charge in [0.25, 0.3) is 5.91 Å². The molecule has 2 aromatic rings. The lowest BCUT2D eigenvalue weighted by Crippen LogP contribution is -2.42. The third-order valence-corrected chi connectivity index (χ3v) is 4.95. The SMILES string of the molecule is COc1cccc(C(=O)NCCN2CCC(Oc3ccc(Cl)cc3)CC2)c1. The number of amides is 1. The highest BCUT2D eigenvalue weighted by molar-refractivity contribution is 6.30. The molecule has 0 radical (unpaired) electrons. The summed E-state index contributed by atoms with van der Waals surface area (Å²) in [6, 6.07) is 14.7. The molecule has 0 spiro atoms. The lowest BCUT2D eigenvalue weighted by molar-refractivity contribution is 0.0905. The summed E-state index contributed by atoms with van der Waals surface area (Å²) in [4.78, 5) is 14.6. The van der Waals surface area contributed by atoms with Crippen molar-refractivity contribution in [3.05, 3.63) is 59.1 Å². The Morgan fingerprint density at radius 3 is 2.59 bits per heavy atom. The molecule has 0 aromatic heterocycles. The monoisotopic (exact) mass is 388 g/mol. The predicted molar refractivity (Wildman–Crippen MR) is 107 cm³/mol. The number of carbonyl (C=O) groups is 1. The van der Waals surface area contributed by atoms with E-state index in [9.17, 15) is 4.79 Å². The lowest BCUT2D eigenvalue weighted by Gasteiger charge is -2.32. The number of carbonyl (C=O) groups excluding carboxylic acids is 1. The molecule has 6 heteroatoms. The van der Waals surface area contributed by atoms with Crippen molar-refractivity contribution in [2.75, 3.05) is 33.3 Å². The van der Waals surface area contributed by atoms with Crippen LogP contribution in [-0.2, 0) is 0 Å². The van der Waals surface area contributed by atoms with Crippen LogP contribution < -0.4 is 14.8 Å². The van der Waals surface area contributed by atoms with Crippen LogP contribution in [0.15, 0.2) is 48.5 Å². The van der Waals surface area contributed by atoms with E-state index in [1.54, 1.807) is 19.2 Å². The van der Waals surface area contributed by atoms with Crippen LogP contribution in [0.4, 0.5) is 0 Å². The zero-order chi connectivity index (χ0) is 19.1. The van der Waals surface area contributed by atoms with E-state index in [1.165, 1.54) is 0 Å². The number of hydrogen-bond acceptors (Lipinski definition) is 4. The highest BCUT2D eigenvalue weighted by Gasteiger charge is 2.20. The highest BCUT2D eigenvalue weighted by atomic mass is 35.5. The maximum atomic E-state index is 12.2. The molecule has 0 bridgehead atoms. The molecule has 1 aliphatic rings. The molecule has 0 saturated carbocycles. The van der Waals surface area contributed by atoms with Crippen LogP contribution in [0.5, 0.6) is 11.5 Å². The maximum Gasteiger partial charge on any atom is 0.251 e. The number of nitrogens with one attached hydrogen (secondary N) is 1. The lowest BCUT2D eigenvalue weighted by atomic mass is 10.1. The van der Waals surface area contributed by atoms with Gasteiger partial charge in [0.15, 0.2) is 0 Å². The standard InChI is InChI=1S/C21H25ClN2O3/c1-26-20-4-2-3-16(15-20)21(25)23-11-14-24-12-9-19(10-13-24)27-18-7-5-17(22)6-8-18/h2-8,15,19H,9-14H2,1H3,(H,23,25). The van der Waals surface area contributed by atoms with Crippen LogP contribution in [0.1, 0.15) is 23.2 Å². The number of halogens is 1. The minimum absolute atomic E-state index is 0.0742. The van der Waals surface area contributed by atoms with Gasteiger partial charge in [-0.1, -0.05) is 17.7 Å². The Morgan fingerprint density at radius 1 is 1.15 bits per heavy atom. The Kier molecular flexibility index (Phi) is 6.96. The Morgan fingerprint density at radius 2 is 1.89 bits per heavy atom. The normalized spacial score (nSPS) is 15.3. The first-order chi connectivity index (χ1) is 13.1. The number of nitrogens with zero attached hydrogens (tertiary/aromatic N) is 1. The van der Waals surface area contributed by atoms with Gasteiger partial charge >= 0.3 is 0 Å². The van der Waals surface area contributed by atoms with E-state index in [-0.39, 0.29) is 12.0 Å². The topological polar surface area (TPSA) is 50.8 Å². The summed E-state index contributed by atoms with van der Waals surface area (Å²) in [5.74, 6) is 1.48. The van der Waals surface area contributed by atoms with Crippen LogP contribution in [0.3, 0.4) is 0 Å². The largest absolute Gasteiger partial charge is 0.497 e. The first-order valence-corrected chi connectivity index (χ1v) is 9.58. The average Bonchev–Trinajstić information content (AvgIpc) is 2.71. The van der Waals surface area contributed by atoms with Crippen LogP contribution in [0.25, 0.3) is 0 Å². The zero-order valence-electron chi connectivity index (χ0n) is 15.5. The van der Waals surface area contributed by atoms with Gasteiger partial charge in [0, 0.05) is 36.8 Å². The van der Waals surface area contributed by atoms with Crippen LogP contribution >= 0.6 is 11.6 Å². The fourth-order valence-corrected chi connectivity index (χ4v) is 3.28. The molecule has 0 aliphatic carbocycles. The number of ether oxygens (including phenoxy) is 2. The average molecular weight is 389 g/mol. The number of likely N-dealkylation sites (tertiary alicyclic amines) is 1. The third-order valence-electron chi connectivity index (χ3n) is 4.70. The smallest absolute Gasteiger partial charge is 0.251 e. The molecule has 27 heavy (non-hydrogen) atoms. The summed E-state index contributed by atoms with van der Waals surface area (Å²) in [5.41, 5.74) is 0.615. The fraction of sp³-hybridized carbons (Fsp3) is 0.381.